The Morgan fingerprint density at radius 2 is 1.78 bits per heavy atom. The minimum atomic E-state index is 0.206. The van der Waals surface area contributed by atoms with Crippen molar-refractivity contribution < 1.29 is 9.47 Å². The zero-order chi connectivity index (χ0) is 13.0. The molecule has 0 saturated carbocycles. The third-order valence-corrected chi connectivity index (χ3v) is 5.08. The number of rotatable bonds is 5. The SMILES string of the molecule is CCOc1cc2ncnc([Se][Se])c2cc1OCC. The van der Waals surface area contributed by atoms with Gasteiger partial charge in [0.05, 0.1) is 0 Å². The van der Waals surface area contributed by atoms with Crippen molar-refractivity contribution in [1.82, 2.24) is 9.97 Å². The van der Waals surface area contributed by atoms with Gasteiger partial charge < -0.3 is 0 Å². The van der Waals surface area contributed by atoms with Crippen LogP contribution in [0.1, 0.15) is 13.8 Å². The van der Waals surface area contributed by atoms with Crippen LogP contribution in [0.15, 0.2) is 18.5 Å². The first-order valence-electron chi connectivity index (χ1n) is 5.64. The molecule has 1 radical (unpaired) electrons. The molecule has 1 aromatic carbocycles. The van der Waals surface area contributed by atoms with Crippen LogP contribution in [0.25, 0.3) is 10.9 Å². The monoisotopic (exact) mass is 377 g/mol. The summed E-state index contributed by atoms with van der Waals surface area (Å²) in [5.74, 6) is 1.50. The van der Waals surface area contributed by atoms with Crippen LogP contribution in [-0.2, 0) is 0 Å². The first-order valence-corrected chi connectivity index (χ1v) is 10.8. The molecule has 1 aromatic heterocycles. The van der Waals surface area contributed by atoms with E-state index >= 15 is 0 Å². The quantitative estimate of drug-likeness (QED) is 0.727. The average molecular weight is 375 g/mol. The van der Waals surface area contributed by atoms with Crippen LogP contribution in [0.3, 0.4) is 0 Å². The molecular weight excluding hydrogens is 362 g/mol. The summed E-state index contributed by atoms with van der Waals surface area (Å²) in [6.45, 7) is 5.13. The third-order valence-electron chi connectivity index (χ3n) is 2.34. The summed E-state index contributed by atoms with van der Waals surface area (Å²) in [5, 5.41) is 1.03. The Morgan fingerprint density at radius 3 is 2.39 bits per heavy atom. The van der Waals surface area contributed by atoms with Crippen LogP contribution in [0, 0.1) is 0 Å². The number of aromatic nitrogens is 2. The predicted octanol–water partition coefficient (Wildman–Crippen LogP) is 0.840. The van der Waals surface area contributed by atoms with E-state index in [1.165, 1.54) is 0 Å². The molecule has 0 bridgehead atoms. The van der Waals surface area contributed by atoms with E-state index in [0.717, 1.165) is 27.0 Å². The van der Waals surface area contributed by atoms with Crippen LogP contribution in [0.5, 0.6) is 11.5 Å². The van der Waals surface area contributed by atoms with Gasteiger partial charge in [-0.3, -0.25) is 0 Å². The molecule has 0 N–H and O–H groups in total. The van der Waals surface area contributed by atoms with Gasteiger partial charge in [0.15, 0.2) is 0 Å². The number of benzene rings is 1. The van der Waals surface area contributed by atoms with Crippen molar-refractivity contribution in [3.63, 3.8) is 0 Å². The summed E-state index contributed by atoms with van der Waals surface area (Å²) in [5.41, 5.74) is 0.893. The normalized spacial score (nSPS) is 10.6. The van der Waals surface area contributed by atoms with Gasteiger partial charge in [0.25, 0.3) is 0 Å². The van der Waals surface area contributed by atoms with Gasteiger partial charge in [-0.1, -0.05) is 0 Å². The molecule has 1 heterocycles. The number of ether oxygens (including phenoxy) is 2. The molecule has 0 saturated heterocycles. The topological polar surface area (TPSA) is 44.2 Å². The van der Waals surface area contributed by atoms with Gasteiger partial charge in [-0.05, 0) is 0 Å². The van der Waals surface area contributed by atoms with Crippen molar-refractivity contribution >= 4 is 42.8 Å². The van der Waals surface area contributed by atoms with Crippen LogP contribution in [0.4, 0.5) is 0 Å². The molecule has 2 aromatic rings. The first-order chi connectivity index (χ1) is 8.80. The molecule has 6 heteroatoms. The number of hydrogen-bond acceptors (Lipinski definition) is 4. The van der Waals surface area contributed by atoms with E-state index in [2.05, 4.69) is 24.2 Å². The Hall–Kier alpha value is -0.801. The van der Waals surface area contributed by atoms with Crippen LogP contribution < -0.4 is 14.1 Å². The number of nitrogens with zero attached hydrogens (tertiary/aromatic N) is 2. The van der Waals surface area contributed by atoms with Crippen molar-refractivity contribution in [3.8, 4) is 11.5 Å². The van der Waals surface area contributed by atoms with Crippen LogP contribution >= 0.6 is 0 Å². The summed E-state index contributed by atoms with van der Waals surface area (Å²) in [4.78, 5) is 8.57. The van der Waals surface area contributed by atoms with E-state index in [-0.39, 0.29) is 13.1 Å². The zero-order valence-corrected chi connectivity index (χ0v) is 13.6. The second kappa shape index (κ2) is 6.39. The van der Waals surface area contributed by atoms with Crippen LogP contribution in [0.2, 0.25) is 0 Å². The Kier molecular flexibility index (Phi) is 4.84. The molecule has 4 nitrogen and oxygen atoms in total. The van der Waals surface area contributed by atoms with E-state index < -0.39 is 0 Å². The fraction of sp³-hybridized carbons (Fsp3) is 0.333. The van der Waals surface area contributed by atoms with Gasteiger partial charge in [-0.2, -0.15) is 0 Å². The van der Waals surface area contributed by atoms with E-state index in [1.54, 1.807) is 6.33 Å². The van der Waals surface area contributed by atoms with Crippen molar-refractivity contribution in [2.75, 3.05) is 13.2 Å². The summed E-state index contributed by atoms with van der Waals surface area (Å²) < 4.78 is 12.2. The average Bonchev–Trinajstić information content (AvgIpc) is 2.39. The molecule has 95 valence electrons. The third kappa shape index (κ3) is 2.78. The van der Waals surface area contributed by atoms with Crippen LogP contribution in [-0.4, -0.2) is 50.5 Å². The van der Waals surface area contributed by atoms with E-state index in [4.69, 9.17) is 9.47 Å². The minimum absolute atomic E-state index is 0.206. The molecule has 0 atom stereocenters. The maximum atomic E-state index is 5.61. The van der Waals surface area contributed by atoms with Gasteiger partial charge in [0, 0.05) is 0 Å². The number of hydrogen-bond donors (Lipinski definition) is 0. The fourth-order valence-electron chi connectivity index (χ4n) is 1.64. The standard InChI is InChI=1S/C12H13N2O2Se2/c1-3-15-10-5-8-9(6-11(10)16-4-2)13-7-14-12(8)18-17/h5-7H,3-4H2,1-2H3. The molecule has 0 fully saturated rings. The van der Waals surface area contributed by atoms with Crippen molar-refractivity contribution in [2.45, 2.75) is 13.8 Å². The molecule has 0 aliphatic heterocycles. The van der Waals surface area contributed by atoms with Gasteiger partial charge in [-0.15, -0.1) is 0 Å². The Labute approximate surface area is 119 Å². The molecule has 0 aliphatic rings. The summed E-state index contributed by atoms with van der Waals surface area (Å²) in [7, 11) is 0. The zero-order valence-electron chi connectivity index (χ0n) is 10.2. The molecule has 0 unspecified atom stereocenters. The second-order valence-corrected chi connectivity index (χ2v) is 6.42. The maximum absolute atomic E-state index is 5.61. The first kappa shape index (κ1) is 13.6. The van der Waals surface area contributed by atoms with E-state index in [0.29, 0.717) is 13.2 Å². The van der Waals surface area contributed by atoms with Crippen molar-refractivity contribution in [2.24, 2.45) is 0 Å². The van der Waals surface area contributed by atoms with E-state index in [9.17, 15) is 0 Å². The molecule has 0 spiro atoms. The second-order valence-electron chi connectivity index (χ2n) is 3.44. The van der Waals surface area contributed by atoms with Gasteiger partial charge in [-0.25, -0.2) is 0 Å². The van der Waals surface area contributed by atoms with Gasteiger partial charge in [0.2, 0.25) is 0 Å². The van der Waals surface area contributed by atoms with Gasteiger partial charge >= 0.3 is 119 Å². The van der Waals surface area contributed by atoms with Crippen molar-refractivity contribution in [1.29, 1.82) is 0 Å². The molecular formula is C12H13N2O2Se2. The molecule has 2 rings (SSSR count). The molecule has 0 aliphatic carbocycles. The molecule has 0 amide bonds. The van der Waals surface area contributed by atoms with Gasteiger partial charge in [0.1, 0.15) is 0 Å². The number of fused-ring (bicyclic) bond motifs is 1. The predicted molar refractivity (Wildman–Crippen MR) is 73.0 cm³/mol. The molecule has 18 heavy (non-hydrogen) atoms. The fourth-order valence-corrected chi connectivity index (χ4v) is 3.81. The Bertz CT molecular complexity index is 549. The summed E-state index contributed by atoms with van der Waals surface area (Å²) in [6, 6.07) is 3.89. The Morgan fingerprint density at radius 1 is 1.11 bits per heavy atom. The van der Waals surface area contributed by atoms with E-state index in [1.807, 2.05) is 26.0 Å². The summed E-state index contributed by atoms with van der Waals surface area (Å²) in [6.07, 6.45) is 1.59. The summed E-state index contributed by atoms with van der Waals surface area (Å²) >= 11 is 3.25. The Balaban J connectivity index is 2.60. The van der Waals surface area contributed by atoms with Crippen molar-refractivity contribution in [3.05, 3.63) is 18.5 Å².